The van der Waals surface area contributed by atoms with Crippen LogP contribution in [0.15, 0.2) is 48.8 Å². The van der Waals surface area contributed by atoms with Crippen LogP contribution in [0.2, 0.25) is 0 Å². The van der Waals surface area contributed by atoms with Crippen LogP contribution in [0.3, 0.4) is 0 Å². The highest BCUT2D eigenvalue weighted by Gasteiger charge is 2.40. The van der Waals surface area contributed by atoms with Crippen molar-refractivity contribution in [2.24, 2.45) is 0 Å². The van der Waals surface area contributed by atoms with Crippen molar-refractivity contribution < 1.29 is 78.3 Å². The first-order valence-corrected chi connectivity index (χ1v) is 12.7. The third kappa shape index (κ3) is 15.3. The number of rotatable bonds is 5. The lowest BCUT2D eigenvalue weighted by Crippen LogP contribution is -2.49. The molecule has 2 saturated heterocycles. The molecule has 0 aliphatic carbocycles. The Labute approximate surface area is 253 Å². The highest BCUT2D eigenvalue weighted by Crippen LogP contribution is 2.26. The van der Waals surface area contributed by atoms with E-state index in [-0.39, 0.29) is 11.9 Å². The van der Waals surface area contributed by atoms with E-state index in [9.17, 15) is 43.9 Å². The van der Waals surface area contributed by atoms with E-state index in [0.717, 1.165) is 39.1 Å². The molecule has 2 atom stereocenters. The van der Waals surface area contributed by atoms with Crippen LogP contribution in [0.4, 0.5) is 43.9 Å². The predicted molar refractivity (Wildman–Crippen MR) is 136 cm³/mol. The van der Waals surface area contributed by atoms with Crippen LogP contribution >= 0.6 is 0 Å². The van der Waals surface area contributed by atoms with Gasteiger partial charge in [-0.1, -0.05) is 24.3 Å². The molecule has 46 heavy (non-hydrogen) atoms. The fourth-order valence-corrected chi connectivity index (χ4v) is 3.90. The number of benzene rings is 1. The summed E-state index contributed by atoms with van der Waals surface area (Å²) in [5.41, 5.74) is 1.91. The molecule has 0 spiro atoms. The normalized spacial score (nSPS) is 18.4. The summed E-state index contributed by atoms with van der Waals surface area (Å²) in [5.74, 6) is -8.45. The van der Waals surface area contributed by atoms with Gasteiger partial charge in [-0.25, -0.2) is 18.8 Å². The predicted octanol–water partition coefficient (Wildman–Crippen LogP) is 4.60. The molecule has 3 heterocycles. The SMILES string of the molecule is Fc1ccccc1CO[C@@H]1C[C@H]2CN(Cc3cccnc3)CCN2C1.O=C(O)C(F)(F)F.O=C(O)C(F)(F)F.O=C(O)C(F)(F)F. The van der Waals surface area contributed by atoms with Crippen molar-refractivity contribution in [2.45, 2.75) is 50.2 Å². The standard InChI is InChI=1S/C20H24FN3O.3C2HF3O2/c21-20-6-2-1-5-17(20)15-25-19-10-18-13-23(8-9-24(18)14-19)12-16-4-3-7-22-11-16;3*3-2(4,5)1(6)7/h1-7,11,18-19H,8-10,12-15H2;3*(H,6,7)/t18-,19+;;;/m0.../s1. The van der Waals surface area contributed by atoms with Crippen molar-refractivity contribution in [1.82, 2.24) is 14.8 Å². The third-order valence-electron chi connectivity index (χ3n) is 5.95. The molecule has 258 valence electrons. The van der Waals surface area contributed by atoms with Crippen LogP contribution in [-0.2, 0) is 32.3 Å². The van der Waals surface area contributed by atoms with E-state index in [1.54, 1.807) is 12.1 Å². The van der Waals surface area contributed by atoms with Gasteiger partial charge in [0, 0.05) is 56.7 Å². The molecule has 20 heteroatoms. The zero-order valence-electron chi connectivity index (χ0n) is 23.3. The summed E-state index contributed by atoms with van der Waals surface area (Å²) in [4.78, 5) is 35.9. The minimum Gasteiger partial charge on any atom is -0.475 e. The number of halogens is 10. The number of aromatic nitrogens is 1. The zero-order valence-corrected chi connectivity index (χ0v) is 23.3. The number of hydrogen-bond acceptors (Lipinski definition) is 7. The Bertz CT molecular complexity index is 1200. The summed E-state index contributed by atoms with van der Waals surface area (Å²) in [6.45, 7) is 5.49. The van der Waals surface area contributed by atoms with Crippen LogP contribution in [0.25, 0.3) is 0 Å². The largest absolute Gasteiger partial charge is 0.490 e. The number of fused-ring (bicyclic) bond motifs is 1. The summed E-state index contributed by atoms with van der Waals surface area (Å²) in [6.07, 6.45) is -10.3. The summed E-state index contributed by atoms with van der Waals surface area (Å²) in [5, 5.41) is 21.4. The molecule has 10 nitrogen and oxygen atoms in total. The summed E-state index contributed by atoms with van der Waals surface area (Å²) in [7, 11) is 0. The monoisotopic (exact) mass is 683 g/mol. The van der Waals surface area contributed by atoms with Crippen molar-refractivity contribution >= 4 is 17.9 Å². The lowest BCUT2D eigenvalue weighted by Gasteiger charge is -2.37. The number of alkyl halides is 9. The van der Waals surface area contributed by atoms with Gasteiger partial charge in [0.15, 0.2) is 0 Å². The van der Waals surface area contributed by atoms with Gasteiger partial charge in [-0.2, -0.15) is 39.5 Å². The average Bonchev–Trinajstić information content (AvgIpc) is 3.35. The Hall–Kier alpha value is -4.04. The van der Waals surface area contributed by atoms with Crippen molar-refractivity contribution in [3.63, 3.8) is 0 Å². The number of carboxylic acid groups (broad SMARTS) is 3. The minimum absolute atomic E-state index is 0.180. The molecule has 2 aromatic rings. The Morgan fingerprint density at radius 3 is 1.78 bits per heavy atom. The highest BCUT2D eigenvalue weighted by atomic mass is 19.4. The average molecular weight is 683 g/mol. The van der Waals surface area contributed by atoms with Gasteiger partial charge in [0.25, 0.3) is 0 Å². The second-order valence-electron chi connectivity index (χ2n) is 9.41. The number of piperazine rings is 1. The molecule has 1 aromatic heterocycles. The van der Waals surface area contributed by atoms with Crippen LogP contribution in [0.1, 0.15) is 17.5 Å². The van der Waals surface area contributed by atoms with Gasteiger partial charge < -0.3 is 20.1 Å². The van der Waals surface area contributed by atoms with Crippen LogP contribution in [-0.4, -0.2) is 105 Å². The van der Waals surface area contributed by atoms with E-state index in [2.05, 4.69) is 20.9 Å². The fraction of sp³-hybridized carbons (Fsp3) is 0.462. The highest BCUT2D eigenvalue weighted by molar-refractivity contribution is 5.73. The molecule has 0 bridgehead atoms. The molecule has 2 aliphatic rings. The van der Waals surface area contributed by atoms with Crippen molar-refractivity contribution in [2.75, 3.05) is 26.2 Å². The number of carbonyl (C=O) groups is 3. The Morgan fingerprint density at radius 1 is 0.804 bits per heavy atom. The lowest BCUT2D eigenvalue weighted by atomic mass is 10.1. The van der Waals surface area contributed by atoms with Crippen molar-refractivity contribution in [1.29, 1.82) is 0 Å². The van der Waals surface area contributed by atoms with Crippen molar-refractivity contribution in [3.05, 3.63) is 65.7 Å². The lowest BCUT2D eigenvalue weighted by molar-refractivity contribution is -0.193. The van der Waals surface area contributed by atoms with Gasteiger partial charge in [0.2, 0.25) is 0 Å². The van der Waals surface area contributed by atoms with Gasteiger partial charge >= 0.3 is 36.4 Å². The van der Waals surface area contributed by atoms with Crippen LogP contribution in [0.5, 0.6) is 0 Å². The Balaban J connectivity index is 0.000000413. The molecular formula is C26H27F10N3O7. The first-order valence-electron chi connectivity index (χ1n) is 12.7. The van der Waals surface area contributed by atoms with E-state index in [1.165, 1.54) is 11.6 Å². The van der Waals surface area contributed by atoms with Gasteiger partial charge in [-0.05, 0) is 24.1 Å². The second-order valence-corrected chi connectivity index (χ2v) is 9.41. The number of pyridine rings is 1. The molecule has 1 aromatic carbocycles. The van der Waals surface area contributed by atoms with Gasteiger partial charge in [0.05, 0.1) is 12.7 Å². The summed E-state index contributed by atoms with van der Waals surface area (Å²) < 4.78 is 115. The molecule has 0 saturated carbocycles. The van der Waals surface area contributed by atoms with Gasteiger partial charge in [-0.3, -0.25) is 14.8 Å². The first-order chi connectivity index (χ1) is 21.1. The Kier molecular flexibility index (Phi) is 15.3. The third-order valence-corrected chi connectivity index (χ3v) is 5.95. The molecule has 0 unspecified atom stereocenters. The first kappa shape index (κ1) is 40.0. The van der Waals surface area contributed by atoms with Gasteiger partial charge in [-0.15, -0.1) is 0 Å². The molecular weight excluding hydrogens is 656 g/mol. The maximum atomic E-state index is 13.7. The summed E-state index contributed by atoms with van der Waals surface area (Å²) in [6, 6.07) is 11.5. The van der Waals surface area contributed by atoms with E-state index in [0.29, 0.717) is 18.2 Å². The smallest absolute Gasteiger partial charge is 0.475 e. The van der Waals surface area contributed by atoms with Crippen molar-refractivity contribution in [3.8, 4) is 0 Å². The van der Waals surface area contributed by atoms with E-state index in [4.69, 9.17) is 34.4 Å². The van der Waals surface area contributed by atoms with Crippen LogP contribution in [0, 0.1) is 5.82 Å². The molecule has 3 N–H and O–H groups in total. The van der Waals surface area contributed by atoms with E-state index in [1.807, 2.05) is 24.5 Å². The van der Waals surface area contributed by atoms with Crippen LogP contribution < -0.4 is 0 Å². The maximum absolute atomic E-state index is 13.7. The van der Waals surface area contributed by atoms with E-state index < -0.39 is 36.4 Å². The topological polar surface area (TPSA) is 140 Å². The molecule has 2 aliphatic heterocycles. The molecule has 2 fully saturated rings. The summed E-state index contributed by atoms with van der Waals surface area (Å²) >= 11 is 0. The molecule has 4 rings (SSSR count). The fourth-order valence-electron chi connectivity index (χ4n) is 3.90. The Morgan fingerprint density at radius 2 is 1.33 bits per heavy atom. The number of ether oxygens (including phenoxy) is 1. The number of nitrogens with zero attached hydrogens (tertiary/aromatic N) is 3. The quantitative estimate of drug-likeness (QED) is 0.384. The number of carboxylic acids is 3. The number of aliphatic carboxylic acids is 3. The van der Waals surface area contributed by atoms with E-state index >= 15 is 0 Å². The maximum Gasteiger partial charge on any atom is 0.490 e. The molecule has 0 radical (unpaired) electrons. The minimum atomic E-state index is -5.08. The molecule has 0 amide bonds. The zero-order chi connectivity index (χ0) is 35.3. The number of hydrogen-bond donors (Lipinski definition) is 3. The van der Waals surface area contributed by atoms with Gasteiger partial charge in [0.1, 0.15) is 5.82 Å². The second kappa shape index (κ2) is 17.6.